The van der Waals surface area contributed by atoms with E-state index in [1.165, 1.54) is 5.52 Å². The maximum absolute atomic E-state index is 5.89. The molecule has 5 heteroatoms. The van der Waals surface area contributed by atoms with Crippen molar-refractivity contribution in [3.05, 3.63) is 30.1 Å². The average Bonchev–Trinajstić information content (AvgIpc) is 3.14. The molecule has 1 aromatic carbocycles. The molecule has 23 heavy (non-hydrogen) atoms. The van der Waals surface area contributed by atoms with E-state index in [2.05, 4.69) is 40.7 Å². The van der Waals surface area contributed by atoms with Crippen LogP contribution >= 0.6 is 0 Å². The molecule has 5 nitrogen and oxygen atoms in total. The molecular formula is C18H25N3O2. The highest BCUT2D eigenvalue weighted by Gasteiger charge is 2.40. The second kappa shape index (κ2) is 6.23. The molecule has 0 N–H and O–H groups in total. The molecule has 0 unspecified atom stereocenters. The molecule has 0 amide bonds. The third-order valence-corrected chi connectivity index (χ3v) is 4.86. The first-order chi connectivity index (χ1) is 11.3. The van der Waals surface area contributed by atoms with Crippen molar-refractivity contribution in [2.24, 2.45) is 0 Å². The monoisotopic (exact) mass is 315 g/mol. The molecule has 4 rings (SSSR count). The Balaban J connectivity index is 1.58. The molecule has 0 bridgehead atoms. The minimum Gasteiger partial charge on any atom is -0.346 e. The highest BCUT2D eigenvalue weighted by atomic mass is 16.7. The zero-order valence-corrected chi connectivity index (χ0v) is 13.8. The van der Waals surface area contributed by atoms with Gasteiger partial charge in [-0.05, 0) is 31.5 Å². The van der Waals surface area contributed by atoms with Gasteiger partial charge in [-0.2, -0.15) is 0 Å². The van der Waals surface area contributed by atoms with E-state index < -0.39 is 0 Å². The zero-order chi connectivity index (χ0) is 15.7. The van der Waals surface area contributed by atoms with Crippen molar-refractivity contribution in [1.82, 2.24) is 14.5 Å². The second-order valence-corrected chi connectivity index (χ2v) is 6.59. The molecule has 2 fully saturated rings. The highest BCUT2D eigenvalue weighted by molar-refractivity contribution is 5.75. The lowest BCUT2D eigenvalue weighted by molar-refractivity contribution is -0.190. The van der Waals surface area contributed by atoms with Gasteiger partial charge in [0.2, 0.25) is 0 Å². The van der Waals surface area contributed by atoms with Gasteiger partial charge in [-0.15, -0.1) is 0 Å². The molecule has 2 aliphatic rings. The number of hydrogen-bond acceptors (Lipinski definition) is 4. The van der Waals surface area contributed by atoms with Crippen LogP contribution in [0.4, 0.5) is 0 Å². The number of nitrogens with zero attached hydrogens (tertiary/aromatic N) is 3. The highest BCUT2D eigenvalue weighted by Crippen LogP contribution is 2.31. The van der Waals surface area contributed by atoms with Crippen LogP contribution in [0.3, 0.4) is 0 Å². The molecule has 124 valence electrons. The van der Waals surface area contributed by atoms with E-state index >= 15 is 0 Å². The summed E-state index contributed by atoms with van der Waals surface area (Å²) in [7, 11) is 0. The number of fused-ring (bicyclic) bond motifs is 1. The second-order valence-electron chi connectivity index (χ2n) is 6.59. The quantitative estimate of drug-likeness (QED) is 0.870. The van der Waals surface area contributed by atoms with Crippen molar-refractivity contribution >= 4 is 11.0 Å². The topological polar surface area (TPSA) is 39.5 Å². The summed E-state index contributed by atoms with van der Waals surface area (Å²) >= 11 is 0. The largest absolute Gasteiger partial charge is 0.346 e. The van der Waals surface area contributed by atoms with E-state index in [4.69, 9.17) is 14.5 Å². The first-order valence-corrected chi connectivity index (χ1v) is 8.74. The van der Waals surface area contributed by atoms with E-state index in [1.807, 2.05) is 0 Å². The molecule has 0 atom stereocenters. The molecule has 1 aromatic heterocycles. The van der Waals surface area contributed by atoms with Crippen LogP contribution in [0.15, 0.2) is 24.3 Å². The minimum absolute atomic E-state index is 0.361. The van der Waals surface area contributed by atoms with Crippen LogP contribution in [-0.4, -0.2) is 46.5 Å². The van der Waals surface area contributed by atoms with Crippen LogP contribution in [-0.2, 0) is 22.6 Å². The van der Waals surface area contributed by atoms with Crippen LogP contribution in [0.25, 0.3) is 11.0 Å². The van der Waals surface area contributed by atoms with Gasteiger partial charge in [0.05, 0.1) is 37.3 Å². The lowest BCUT2D eigenvalue weighted by atomic mass is 10.0. The van der Waals surface area contributed by atoms with Crippen LogP contribution in [0.2, 0.25) is 0 Å². The Bertz CT molecular complexity index is 676. The van der Waals surface area contributed by atoms with Crippen LogP contribution in [0.1, 0.15) is 32.0 Å². The summed E-state index contributed by atoms with van der Waals surface area (Å²) in [5, 5.41) is 0. The Morgan fingerprint density at radius 3 is 2.87 bits per heavy atom. The summed E-state index contributed by atoms with van der Waals surface area (Å²) in [5.41, 5.74) is 2.33. The zero-order valence-electron chi connectivity index (χ0n) is 13.8. The SMILES string of the molecule is CCCn1c(CN2CCCC3(C2)OCCO3)nc2ccccc21. The van der Waals surface area contributed by atoms with E-state index in [-0.39, 0.29) is 5.79 Å². The fourth-order valence-electron chi connectivity index (χ4n) is 3.86. The molecule has 1 spiro atoms. The summed E-state index contributed by atoms with van der Waals surface area (Å²) in [6, 6.07) is 8.43. The Hall–Kier alpha value is -1.43. The average molecular weight is 315 g/mol. The van der Waals surface area contributed by atoms with Crippen molar-refractivity contribution in [2.45, 2.75) is 45.1 Å². The van der Waals surface area contributed by atoms with Gasteiger partial charge < -0.3 is 14.0 Å². The maximum atomic E-state index is 5.89. The van der Waals surface area contributed by atoms with Crippen molar-refractivity contribution < 1.29 is 9.47 Å². The third-order valence-electron chi connectivity index (χ3n) is 4.86. The van der Waals surface area contributed by atoms with Crippen molar-refractivity contribution in [2.75, 3.05) is 26.3 Å². The Labute approximate surface area is 137 Å². The Kier molecular flexibility index (Phi) is 4.09. The standard InChI is InChI=1S/C18H25N3O2/c1-2-9-21-16-7-4-3-6-15(16)19-17(21)13-20-10-5-8-18(14-20)22-11-12-23-18/h3-4,6-7H,2,5,8-14H2,1H3. The molecular weight excluding hydrogens is 290 g/mol. The molecule has 3 heterocycles. The third kappa shape index (κ3) is 2.89. The van der Waals surface area contributed by atoms with Crippen molar-refractivity contribution in [3.8, 4) is 0 Å². The number of benzene rings is 1. The summed E-state index contributed by atoms with van der Waals surface area (Å²) in [4.78, 5) is 7.31. The molecule has 0 radical (unpaired) electrons. The lowest BCUT2D eigenvalue weighted by Crippen LogP contribution is -2.48. The number of aryl methyl sites for hydroxylation is 1. The van der Waals surface area contributed by atoms with Gasteiger partial charge in [-0.25, -0.2) is 4.98 Å². The summed E-state index contributed by atoms with van der Waals surface area (Å²) < 4.78 is 14.2. The van der Waals surface area contributed by atoms with E-state index in [1.54, 1.807) is 0 Å². The molecule has 0 saturated carbocycles. The summed E-state index contributed by atoms with van der Waals surface area (Å²) in [6.07, 6.45) is 3.24. The number of rotatable bonds is 4. The summed E-state index contributed by atoms with van der Waals surface area (Å²) in [5.74, 6) is 0.794. The van der Waals surface area contributed by atoms with Gasteiger partial charge in [0.25, 0.3) is 0 Å². The molecule has 2 aromatic rings. The first-order valence-electron chi connectivity index (χ1n) is 8.74. The number of imidazole rings is 1. The van der Waals surface area contributed by atoms with Crippen LogP contribution in [0.5, 0.6) is 0 Å². The van der Waals surface area contributed by atoms with Gasteiger partial charge >= 0.3 is 0 Å². The number of likely N-dealkylation sites (tertiary alicyclic amines) is 1. The van der Waals surface area contributed by atoms with Gasteiger partial charge in [0.15, 0.2) is 5.79 Å². The van der Waals surface area contributed by atoms with Gasteiger partial charge in [-0.3, -0.25) is 4.90 Å². The molecule has 0 aliphatic carbocycles. The van der Waals surface area contributed by atoms with Crippen LogP contribution < -0.4 is 0 Å². The minimum atomic E-state index is -0.361. The number of hydrogen-bond donors (Lipinski definition) is 0. The predicted octanol–water partition coefficient (Wildman–Crippen LogP) is 2.79. The molecule has 2 saturated heterocycles. The Morgan fingerprint density at radius 2 is 2.04 bits per heavy atom. The fourth-order valence-corrected chi connectivity index (χ4v) is 3.86. The normalized spacial score (nSPS) is 21.4. The van der Waals surface area contributed by atoms with Crippen molar-refractivity contribution in [1.29, 1.82) is 0 Å². The Morgan fingerprint density at radius 1 is 1.22 bits per heavy atom. The summed E-state index contributed by atoms with van der Waals surface area (Å²) in [6.45, 7) is 7.48. The number of piperidine rings is 1. The lowest BCUT2D eigenvalue weighted by Gasteiger charge is -2.38. The van der Waals surface area contributed by atoms with E-state index in [0.29, 0.717) is 0 Å². The fraction of sp³-hybridized carbons (Fsp3) is 0.611. The molecule has 2 aliphatic heterocycles. The van der Waals surface area contributed by atoms with Gasteiger partial charge in [0, 0.05) is 13.0 Å². The van der Waals surface area contributed by atoms with Gasteiger partial charge in [0.1, 0.15) is 5.82 Å². The van der Waals surface area contributed by atoms with Crippen LogP contribution in [0, 0.1) is 0 Å². The van der Waals surface area contributed by atoms with Gasteiger partial charge in [-0.1, -0.05) is 19.1 Å². The van der Waals surface area contributed by atoms with E-state index in [9.17, 15) is 0 Å². The maximum Gasteiger partial charge on any atom is 0.181 e. The van der Waals surface area contributed by atoms with Crippen molar-refractivity contribution in [3.63, 3.8) is 0 Å². The predicted molar refractivity (Wildman–Crippen MR) is 89.2 cm³/mol. The number of para-hydroxylation sites is 2. The number of aromatic nitrogens is 2. The smallest absolute Gasteiger partial charge is 0.181 e. The first kappa shape index (κ1) is 15.1. The van der Waals surface area contributed by atoms with E-state index in [0.717, 1.165) is 70.0 Å². The number of ether oxygens (including phenoxy) is 2.